The van der Waals surface area contributed by atoms with Gasteiger partial charge in [-0.15, -0.1) is 0 Å². The summed E-state index contributed by atoms with van der Waals surface area (Å²) < 4.78 is 27.8. The van der Waals surface area contributed by atoms with Crippen LogP contribution in [0.4, 0.5) is 0 Å². The van der Waals surface area contributed by atoms with Gasteiger partial charge in [0, 0.05) is 17.6 Å². The molecule has 0 radical (unpaired) electrons. The molecule has 0 aromatic heterocycles. The third kappa shape index (κ3) is 3.10. The molecule has 0 bridgehead atoms. The Kier molecular flexibility index (Phi) is 4.92. The highest BCUT2D eigenvalue weighted by Crippen LogP contribution is 2.31. The van der Waals surface area contributed by atoms with Crippen molar-refractivity contribution < 1.29 is 8.42 Å². The van der Waals surface area contributed by atoms with E-state index in [1.54, 1.807) is 17.4 Å². The Balaban J connectivity index is 2.36. The Morgan fingerprint density at radius 2 is 1.65 bits per heavy atom. The summed E-state index contributed by atoms with van der Waals surface area (Å²) in [4.78, 5) is 0.383. The van der Waals surface area contributed by atoms with E-state index in [0.717, 1.165) is 36.8 Å². The molecule has 0 spiro atoms. The van der Waals surface area contributed by atoms with Gasteiger partial charge in [0.2, 0.25) is 10.0 Å². The maximum atomic E-state index is 12.8. The second-order valence-electron chi connectivity index (χ2n) is 5.68. The monoisotopic (exact) mass is 359 g/mol. The average Bonchev–Trinajstić information content (AvgIpc) is 2.42. The molecule has 112 valence electrons. The topological polar surface area (TPSA) is 37.4 Å². The van der Waals surface area contributed by atoms with E-state index in [0.29, 0.717) is 9.37 Å². The van der Waals surface area contributed by atoms with Crippen LogP contribution in [0.15, 0.2) is 21.5 Å². The molecule has 20 heavy (non-hydrogen) atoms. The van der Waals surface area contributed by atoms with Crippen LogP contribution in [0, 0.1) is 13.8 Å². The molecule has 1 aromatic rings. The maximum Gasteiger partial charge on any atom is 0.244 e. The summed E-state index contributed by atoms with van der Waals surface area (Å²) in [7, 11) is -1.71. The van der Waals surface area contributed by atoms with Gasteiger partial charge in [-0.25, -0.2) is 8.42 Å². The number of hydrogen-bond donors (Lipinski definition) is 0. The number of aryl methyl sites for hydroxylation is 2. The molecule has 1 fully saturated rings. The first-order valence-electron chi connectivity index (χ1n) is 7.09. The lowest BCUT2D eigenvalue weighted by Gasteiger charge is -2.30. The number of halogens is 1. The summed E-state index contributed by atoms with van der Waals surface area (Å²) in [6, 6.07) is 3.80. The van der Waals surface area contributed by atoms with Gasteiger partial charge in [0.1, 0.15) is 0 Å². The van der Waals surface area contributed by atoms with Gasteiger partial charge >= 0.3 is 0 Å². The molecule has 0 N–H and O–H groups in total. The molecule has 1 saturated carbocycles. The van der Waals surface area contributed by atoms with Gasteiger partial charge in [-0.1, -0.05) is 19.3 Å². The minimum absolute atomic E-state index is 0.141. The van der Waals surface area contributed by atoms with E-state index < -0.39 is 10.0 Å². The van der Waals surface area contributed by atoms with Gasteiger partial charge < -0.3 is 0 Å². The largest absolute Gasteiger partial charge is 0.244 e. The van der Waals surface area contributed by atoms with Crippen molar-refractivity contribution in [3.63, 3.8) is 0 Å². The van der Waals surface area contributed by atoms with Gasteiger partial charge in [-0.2, -0.15) is 4.31 Å². The number of sulfonamides is 1. The van der Waals surface area contributed by atoms with Gasteiger partial charge in [-0.3, -0.25) is 0 Å². The fraction of sp³-hybridized carbons (Fsp3) is 0.600. The summed E-state index contributed by atoms with van der Waals surface area (Å²) in [6.07, 6.45) is 5.41. The van der Waals surface area contributed by atoms with E-state index in [9.17, 15) is 8.42 Å². The molecule has 0 heterocycles. The third-order valence-corrected chi connectivity index (χ3v) is 7.16. The number of hydrogen-bond acceptors (Lipinski definition) is 2. The van der Waals surface area contributed by atoms with Crippen LogP contribution in [-0.2, 0) is 10.0 Å². The first kappa shape index (κ1) is 16.0. The summed E-state index contributed by atoms with van der Waals surface area (Å²) in [6.45, 7) is 3.93. The molecule has 0 aliphatic heterocycles. The molecule has 5 heteroatoms. The first-order chi connectivity index (χ1) is 9.34. The lowest BCUT2D eigenvalue weighted by Crippen LogP contribution is -2.38. The maximum absolute atomic E-state index is 12.8. The molecule has 3 nitrogen and oxygen atoms in total. The van der Waals surface area contributed by atoms with Crippen LogP contribution in [-0.4, -0.2) is 25.8 Å². The smallest absolute Gasteiger partial charge is 0.207 e. The second-order valence-corrected chi connectivity index (χ2v) is 8.50. The van der Waals surface area contributed by atoms with Crippen molar-refractivity contribution in [3.05, 3.63) is 27.7 Å². The van der Waals surface area contributed by atoms with Gasteiger partial charge in [0.25, 0.3) is 0 Å². The zero-order valence-corrected chi connectivity index (χ0v) is 14.7. The van der Waals surface area contributed by atoms with Crippen molar-refractivity contribution in [1.29, 1.82) is 0 Å². The van der Waals surface area contributed by atoms with Crippen molar-refractivity contribution in [3.8, 4) is 0 Å². The van der Waals surface area contributed by atoms with Crippen LogP contribution >= 0.6 is 15.9 Å². The van der Waals surface area contributed by atoms with Crippen LogP contribution in [0.3, 0.4) is 0 Å². The zero-order valence-electron chi connectivity index (χ0n) is 12.3. The van der Waals surface area contributed by atoms with Crippen LogP contribution in [0.1, 0.15) is 43.2 Å². The number of benzene rings is 1. The quantitative estimate of drug-likeness (QED) is 0.817. The molecule has 0 atom stereocenters. The fourth-order valence-corrected chi connectivity index (χ4v) is 5.36. The molecule has 1 aliphatic carbocycles. The Hall–Kier alpha value is -0.390. The van der Waals surface area contributed by atoms with E-state index in [1.807, 2.05) is 19.9 Å². The van der Waals surface area contributed by atoms with E-state index >= 15 is 0 Å². The molecule has 0 unspecified atom stereocenters. The van der Waals surface area contributed by atoms with Crippen molar-refractivity contribution in [2.24, 2.45) is 0 Å². The Bertz CT molecular complexity index is 592. The molecule has 1 aromatic carbocycles. The molecular formula is C15H22BrNO2S. The third-order valence-electron chi connectivity index (χ3n) is 4.29. The second kappa shape index (κ2) is 6.16. The lowest BCUT2D eigenvalue weighted by molar-refractivity contribution is 0.285. The van der Waals surface area contributed by atoms with Gasteiger partial charge in [0.05, 0.1) is 4.90 Å². The Morgan fingerprint density at radius 1 is 1.10 bits per heavy atom. The molecule has 0 amide bonds. The van der Waals surface area contributed by atoms with Crippen LogP contribution < -0.4 is 0 Å². The van der Waals surface area contributed by atoms with E-state index in [4.69, 9.17) is 0 Å². The minimum Gasteiger partial charge on any atom is -0.207 e. The van der Waals surface area contributed by atoms with Gasteiger partial charge in [-0.05, 0) is 65.9 Å². The fourth-order valence-electron chi connectivity index (χ4n) is 2.75. The van der Waals surface area contributed by atoms with Crippen molar-refractivity contribution in [2.45, 2.75) is 56.9 Å². The standard InChI is InChI=1S/C15H22BrNO2S/c1-11-9-14(16)15(10-12(11)2)20(18,19)17(3)13-7-5-4-6-8-13/h9-10,13H,4-8H2,1-3H3. The molecule has 0 saturated heterocycles. The SMILES string of the molecule is Cc1cc(Br)c(S(=O)(=O)N(C)C2CCCCC2)cc1C. The number of nitrogens with zero attached hydrogens (tertiary/aromatic N) is 1. The molecule has 2 rings (SSSR count). The Labute approximate surface area is 130 Å². The highest BCUT2D eigenvalue weighted by molar-refractivity contribution is 9.10. The normalized spacial score (nSPS) is 17.6. The highest BCUT2D eigenvalue weighted by Gasteiger charge is 2.30. The summed E-state index contributed by atoms with van der Waals surface area (Å²) in [5.41, 5.74) is 2.10. The van der Waals surface area contributed by atoms with Crippen LogP contribution in [0.25, 0.3) is 0 Å². The zero-order chi connectivity index (χ0) is 14.9. The highest BCUT2D eigenvalue weighted by atomic mass is 79.9. The van der Waals surface area contributed by atoms with Crippen molar-refractivity contribution in [2.75, 3.05) is 7.05 Å². The molecule has 1 aliphatic rings. The first-order valence-corrected chi connectivity index (χ1v) is 9.32. The molecular weight excluding hydrogens is 338 g/mol. The summed E-state index contributed by atoms with van der Waals surface area (Å²) >= 11 is 3.40. The summed E-state index contributed by atoms with van der Waals surface area (Å²) in [5.74, 6) is 0. The number of rotatable bonds is 3. The van der Waals surface area contributed by atoms with E-state index in [2.05, 4.69) is 15.9 Å². The van der Waals surface area contributed by atoms with Crippen molar-refractivity contribution >= 4 is 26.0 Å². The van der Waals surface area contributed by atoms with Gasteiger partial charge in [0.15, 0.2) is 0 Å². The van der Waals surface area contributed by atoms with Crippen molar-refractivity contribution in [1.82, 2.24) is 4.31 Å². The predicted octanol–water partition coefficient (Wildman–Crippen LogP) is 4.02. The van der Waals surface area contributed by atoms with E-state index in [1.165, 1.54) is 6.42 Å². The summed E-state index contributed by atoms with van der Waals surface area (Å²) in [5, 5.41) is 0. The average molecular weight is 360 g/mol. The van der Waals surface area contributed by atoms with E-state index in [-0.39, 0.29) is 6.04 Å². The predicted molar refractivity (Wildman–Crippen MR) is 85.4 cm³/mol. The minimum atomic E-state index is -3.42. The Morgan fingerprint density at radius 3 is 2.25 bits per heavy atom. The van der Waals surface area contributed by atoms with Crippen LogP contribution in [0.2, 0.25) is 0 Å². The lowest BCUT2D eigenvalue weighted by atomic mass is 9.96. The van der Waals surface area contributed by atoms with Crippen LogP contribution in [0.5, 0.6) is 0 Å².